The van der Waals surface area contributed by atoms with Crippen LogP contribution in [0.5, 0.6) is 5.75 Å². The smallest absolute Gasteiger partial charge is 0.344 e. The highest BCUT2D eigenvalue weighted by Crippen LogP contribution is 2.29. The number of hydrogen-bond donors (Lipinski definition) is 1. The first-order valence-electron chi connectivity index (χ1n) is 6.23. The second-order valence-electron chi connectivity index (χ2n) is 4.54. The number of alkyl halides is 1. The quantitative estimate of drug-likeness (QED) is 0.864. The van der Waals surface area contributed by atoms with Crippen molar-refractivity contribution in [1.82, 2.24) is 0 Å². The lowest BCUT2D eigenvalue weighted by molar-refractivity contribution is -0.145. The fourth-order valence-electron chi connectivity index (χ4n) is 2.13. The number of aryl methyl sites for hydroxylation is 1. The molecule has 5 heteroatoms. The Morgan fingerprint density at radius 2 is 2.32 bits per heavy atom. The molecule has 0 spiro atoms. The molecule has 0 heterocycles. The summed E-state index contributed by atoms with van der Waals surface area (Å²) in [5.74, 6) is -0.525. The average molecular weight is 327 g/mol. The third-order valence-electron chi connectivity index (χ3n) is 3.22. The summed E-state index contributed by atoms with van der Waals surface area (Å²) in [5, 5.41) is 8.97. The van der Waals surface area contributed by atoms with E-state index in [4.69, 9.17) is 9.84 Å². The maximum absolute atomic E-state index is 12.0. The fourth-order valence-corrected chi connectivity index (χ4v) is 2.61. The Hall–Kier alpha value is -1.36. The molecule has 0 saturated heterocycles. The van der Waals surface area contributed by atoms with Crippen LogP contribution in [0.25, 0.3) is 0 Å². The van der Waals surface area contributed by atoms with Crippen molar-refractivity contribution in [1.29, 1.82) is 0 Å². The Bertz CT molecular complexity index is 512. The van der Waals surface area contributed by atoms with Gasteiger partial charge in [0, 0.05) is 5.56 Å². The molecule has 1 aromatic carbocycles. The molecule has 0 amide bonds. The molecule has 1 aliphatic carbocycles. The van der Waals surface area contributed by atoms with E-state index in [0.717, 1.165) is 18.4 Å². The highest BCUT2D eigenvalue weighted by Gasteiger charge is 2.26. The van der Waals surface area contributed by atoms with Crippen LogP contribution in [-0.2, 0) is 11.2 Å². The summed E-state index contributed by atoms with van der Waals surface area (Å²) in [5.41, 5.74) is 1.63. The summed E-state index contributed by atoms with van der Waals surface area (Å²) < 4.78 is 5.41. The number of carbonyl (C=O) groups excluding carboxylic acids is 1. The molecule has 1 N–H and O–H groups in total. The summed E-state index contributed by atoms with van der Waals surface area (Å²) in [6, 6.07) is 5.22. The second kappa shape index (κ2) is 5.74. The number of hydrogen-bond acceptors (Lipinski definition) is 3. The van der Waals surface area contributed by atoms with E-state index < -0.39 is 12.1 Å². The van der Waals surface area contributed by atoms with Crippen LogP contribution in [0.4, 0.5) is 0 Å². The van der Waals surface area contributed by atoms with Gasteiger partial charge in [0.15, 0.2) is 11.9 Å². The van der Waals surface area contributed by atoms with Gasteiger partial charge in [0.1, 0.15) is 5.75 Å². The molecule has 1 aliphatic rings. The fraction of sp³-hybridized carbons (Fsp3) is 0.429. The SMILES string of the molecule is CCC(Oc1ccc2c(c1)C(=O)C(Br)CC2)C(=O)O. The summed E-state index contributed by atoms with van der Waals surface area (Å²) in [4.78, 5) is 22.8. The molecule has 2 rings (SSSR count). The van der Waals surface area contributed by atoms with Gasteiger partial charge in [-0.2, -0.15) is 0 Å². The van der Waals surface area contributed by atoms with Gasteiger partial charge in [-0.05, 0) is 37.0 Å². The van der Waals surface area contributed by atoms with Gasteiger partial charge in [-0.3, -0.25) is 4.79 Å². The summed E-state index contributed by atoms with van der Waals surface area (Å²) in [6.07, 6.45) is 1.13. The van der Waals surface area contributed by atoms with E-state index >= 15 is 0 Å². The van der Waals surface area contributed by atoms with Crippen molar-refractivity contribution in [2.75, 3.05) is 0 Å². The third kappa shape index (κ3) is 2.97. The minimum atomic E-state index is -0.995. The van der Waals surface area contributed by atoms with Crippen LogP contribution in [0.15, 0.2) is 18.2 Å². The molecular formula is C14H15BrO4. The number of carboxylic acids is 1. The Morgan fingerprint density at radius 3 is 2.95 bits per heavy atom. The van der Waals surface area contributed by atoms with E-state index in [0.29, 0.717) is 17.7 Å². The lowest BCUT2D eigenvalue weighted by Crippen LogP contribution is -2.26. The van der Waals surface area contributed by atoms with E-state index in [1.54, 1.807) is 19.1 Å². The number of Topliss-reactive ketones (excluding diaryl/α,β-unsaturated/α-hetero) is 1. The maximum atomic E-state index is 12.0. The Kier molecular flexibility index (Phi) is 4.24. The van der Waals surface area contributed by atoms with E-state index in [1.165, 1.54) is 0 Å². The van der Waals surface area contributed by atoms with Crippen molar-refractivity contribution in [2.24, 2.45) is 0 Å². The van der Waals surface area contributed by atoms with E-state index in [9.17, 15) is 9.59 Å². The number of rotatable bonds is 4. The number of carboxylic acid groups (broad SMARTS) is 1. The van der Waals surface area contributed by atoms with E-state index in [-0.39, 0.29) is 10.6 Å². The van der Waals surface area contributed by atoms with Crippen LogP contribution < -0.4 is 4.74 Å². The second-order valence-corrected chi connectivity index (χ2v) is 5.65. The number of benzene rings is 1. The Balaban J connectivity index is 2.25. The molecule has 0 aromatic heterocycles. The molecule has 0 aliphatic heterocycles. The molecule has 4 nitrogen and oxygen atoms in total. The first-order chi connectivity index (χ1) is 9.02. The normalized spacial score (nSPS) is 19.7. The molecule has 0 saturated carbocycles. The van der Waals surface area contributed by atoms with Crippen LogP contribution in [0.2, 0.25) is 0 Å². The number of halogens is 1. The van der Waals surface area contributed by atoms with Crippen molar-refractivity contribution in [3.63, 3.8) is 0 Å². The minimum Gasteiger partial charge on any atom is -0.479 e. The zero-order valence-corrected chi connectivity index (χ0v) is 12.1. The van der Waals surface area contributed by atoms with Gasteiger partial charge < -0.3 is 9.84 Å². The van der Waals surface area contributed by atoms with Gasteiger partial charge in [-0.15, -0.1) is 0 Å². The van der Waals surface area contributed by atoms with Crippen molar-refractivity contribution >= 4 is 27.7 Å². The van der Waals surface area contributed by atoms with E-state index in [1.807, 2.05) is 6.07 Å². The lowest BCUT2D eigenvalue weighted by atomic mass is 9.90. The topological polar surface area (TPSA) is 63.6 Å². The molecule has 0 fully saturated rings. The molecule has 19 heavy (non-hydrogen) atoms. The highest BCUT2D eigenvalue weighted by molar-refractivity contribution is 9.10. The van der Waals surface area contributed by atoms with Crippen LogP contribution >= 0.6 is 15.9 Å². The lowest BCUT2D eigenvalue weighted by Gasteiger charge is -2.20. The number of fused-ring (bicyclic) bond motifs is 1. The van der Waals surface area contributed by atoms with Crippen LogP contribution in [0, 0.1) is 0 Å². The van der Waals surface area contributed by atoms with Gasteiger partial charge in [0.2, 0.25) is 0 Å². The first kappa shape index (κ1) is 14.1. The average Bonchev–Trinajstić information content (AvgIpc) is 2.40. The van der Waals surface area contributed by atoms with Crippen molar-refractivity contribution < 1.29 is 19.4 Å². The number of aliphatic carboxylic acids is 1. The Morgan fingerprint density at radius 1 is 1.58 bits per heavy atom. The molecule has 1 aromatic rings. The Labute approximate surface area is 119 Å². The van der Waals surface area contributed by atoms with Crippen molar-refractivity contribution in [3.8, 4) is 5.75 Å². The van der Waals surface area contributed by atoms with Crippen molar-refractivity contribution in [2.45, 2.75) is 37.1 Å². The molecule has 102 valence electrons. The van der Waals surface area contributed by atoms with Crippen LogP contribution in [0.3, 0.4) is 0 Å². The zero-order valence-electron chi connectivity index (χ0n) is 10.6. The predicted octanol–water partition coefficient (Wildman–Crippen LogP) is 2.82. The summed E-state index contributed by atoms with van der Waals surface area (Å²) in [7, 11) is 0. The molecular weight excluding hydrogens is 312 g/mol. The maximum Gasteiger partial charge on any atom is 0.344 e. The summed E-state index contributed by atoms with van der Waals surface area (Å²) >= 11 is 3.35. The standard InChI is InChI=1S/C14H15BrO4/c1-2-12(14(17)18)19-9-5-3-8-4-6-11(15)13(16)10(8)7-9/h3,5,7,11-12H,2,4,6H2,1H3,(H,17,18). The summed E-state index contributed by atoms with van der Waals surface area (Å²) in [6.45, 7) is 1.75. The van der Waals surface area contributed by atoms with Gasteiger partial charge in [0.25, 0.3) is 0 Å². The molecule has 0 radical (unpaired) electrons. The number of ether oxygens (including phenoxy) is 1. The van der Waals surface area contributed by atoms with Gasteiger partial charge in [-0.25, -0.2) is 4.79 Å². The minimum absolute atomic E-state index is 0.0371. The monoisotopic (exact) mass is 326 g/mol. The largest absolute Gasteiger partial charge is 0.479 e. The predicted molar refractivity (Wildman–Crippen MR) is 74.2 cm³/mol. The zero-order chi connectivity index (χ0) is 14.0. The van der Waals surface area contributed by atoms with E-state index in [2.05, 4.69) is 15.9 Å². The highest BCUT2D eigenvalue weighted by atomic mass is 79.9. The van der Waals surface area contributed by atoms with Gasteiger partial charge in [-0.1, -0.05) is 28.9 Å². The van der Waals surface area contributed by atoms with Crippen molar-refractivity contribution in [3.05, 3.63) is 29.3 Å². The molecule has 2 atom stereocenters. The molecule has 2 unspecified atom stereocenters. The number of carbonyl (C=O) groups is 2. The van der Waals surface area contributed by atoms with Crippen LogP contribution in [-0.4, -0.2) is 27.8 Å². The first-order valence-corrected chi connectivity index (χ1v) is 7.15. The van der Waals surface area contributed by atoms with Gasteiger partial charge >= 0.3 is 5.97 Å². The van der Waals surface area contributed by atoms with Gasteiger partial charge in [0.05, 0.1) is 4.83 Å². The number of ketones is 1. The third-order valence-corrected chi connectivity index (χ3v) is 4.10. The molecule has 0 bridgehead atoms. The van der Waals surface area contributed by atoms with Crippen LogP contribution in [0.1, 0.15) is 35.7 Å².